The van der Waals surface area contributed by atoms with Gasteiger partial charge in [0.2, 0.25) is 14.7 Å². The zero-order valence-electron chi connectivity index (χ0n) is 19.6. The van der Waals surface area contributed by atoms with Crippen LogP contribution < -0.4 is 13.6 Å². The molecule has 0 spiro atoms. The molecule has 10 heteroatoms. The second-order valence-corrected chi connectivity index (χ2v) is 16.6. The van der Waals surface area contributed by atoms with Gasteiger partial charge in [0.25, 0.3) is 0 Å². The maximum absolute atomic E-state index is 12.3. The van der Waals surface area contributed by atoms with E-state index in [1.54, 1.807) is 55.8 Å². The van der Waals surface area contributed by atoms with Crippen LogP contribution in [-0.4, -0.2) is 50.7 Å². The van der Waals surface area contributed by atoms with E-state index < -0.39 is 22.5 Å². The first kappa shape index (κ1) is 27.1. The Morgan fingerprint density at radius 2 is 1.30 bits per heavy atom. The average molecular weight is 511 g/mol. The molecule has 0 aliphatic rings. The molecule has 0 saturated carbocycles. The van der Waals surface area contributed by atoms with Crippen LogP contribution in [-0.2, 0) is 13.9 Å². The first-order chi connectivity index (χ1) is 15.1. The van der Waals surface area contributed by atoms with E-state index in [4.69, 9.17) is 13.6 Å². The molecule has 1 N–H and O–H groups in total. The second-order valence-electron chi connectivity index (χ2n) is 8.45. The second kappa shape index (κ2) is 10.8. The lowest BCUT2D eigenvalue weighted by atomic mass is 10.1. The van der Waals surface area contributed by atoms with Gasteiger partial charge in [0.05, 0.1) is 0 Å². The largest absolute Gasteiger partial charge is 0.443 e. The number of allylic oxidation sites excluding steroid dienone is 2. The molecule has 2 rings (SSSR count). The fourth-order valence-corrected chi connectivity index (χ4v) is 4.50. The molecule has 178 valence electrons. The highest BCUT2D eigenvalue weighted by Gasteiger charge is 2.23. The van der Waals surface area contributed by atoms with Crippen LogP contribution in [0.25, 0.3) is 12.2 Å². The third kappa shape index (κ3) is 11.5. The minimum absolute atomic E-state index is 0.265. The predicted molar refractivity (Wildman–Crippen MR) is 138 cm³/mol. The van der Waals surface area contributed by atoms with Crippen LogP contribution in [0.2, 0.25) is 0 Å². The maximum Gasteiger partial charge on any atom is 0.310 e. The van der Waals surface area contributed by atoms with E-state index in [1.807, 2.05) is 6.07 Å². The molecule has 0 aliphatic heterocycles. The van der Waals surface area contributed by atoms with E-state index in [1.165, 1.54) is 44.9 Å². The number of hydrogen-bond acceptors (Lipinski definition) is 7. The van der Waals surface area contributed by atoms with Crippen LogP contribution in [0.5, 0.6) is 17.2 Å². The molecule has 0 aromatic heterocycles. The zero-order chi connectivity index (χ0) is 24.9. The molecule has 0 fully saturated rings. The summed E-state index contributed by atoms with van der Waals surface area (Å²) in [5, 5.41) is 0. The summed E-state index contributed by atoms with van der Waals surface area (Å²) in [4.78, 5) is 22.2. The third-order valence-electron chi connectivity index (χ3n) is 3.62. The van der Waals surface area contributed by atoms with E-state index in [0.717, 1.165) is 5.56 Å². The summed E-state index contributed by atoms with van der Waals surface area (Å²) in [6.45, 7) is 9.22. The molecular weight excluding hydrogens is 481 g/mol. The number of carbonyl (C=O) groups is 1. The third-order valence-corrected chi connectivity index (χ3v) is 5.58. The van der Waals surface area contributed by atoms with E-state index >= 15 is 0 Å². The van der Waals surface area contributed by atoms with Gasteiger partial charge >= 0.3 is 7.72 Å². The molecular formula is C23H30O7P3+. The van der Waals surface area contributed by atoms with Crippen molar-refractivity contribution in [3.05, 3.63) is 65.7 Å². The van der Waals surface area contributed by atoms with Crippen molar-refractivity contribution in [2.24, 2.45) is 0 Å². The normalized spacial score (nSPS) is 12.8. The van der Waals surface area contributed by atoms with Crippen LogP contribution in [0.15, 0.2) is 54.6 Å². The smallest absolute Gasteiger partial charge is 0.310 e. The Kier molecular flexibility index (Phi) is 8.90. The van der Waals surface area contributed by atoms with Gasteiger partial charge in [-0.3, -0.25) is 13.9 Å². The number of benzene rings is 2. The molecule has 2 aromatic rings. The van der Waals surface area contributed by atoms with Crippen LogP contribution >= 0.6 is 22.5 Å². The van der Waals surface area contributed by atoms with Gasteiger partial charge in [-0.05, 0) is 47.5 Å². The molecule has 7 nitrogen and oxygen atoms in total. The fourth-order valence-electron chi connectivity index (χ4n) is 2.65. The van der Waals surface area contributed by atoms with Gasteiger partial charge in [0, 0.05) is 32.7 Å². The van der Waals surface area contributed by atoms with Crippen LogP contribution in [0.4, 0.5) is 0 Å². The molecule has 0 bridgehead atoms. The summed E-state index contributed by atoms with van der Waals surface area (Å²) in [5.41, 5.74) is 1.31. The van der Waals surface area contributed by atoms with Crippen molar-refractivity contribution in [2.75, 3.05) is 40.0 Å². The molecule has 2 aromatic carbocycles. The monoisotopic (exact) mass is 511 g/mol. The molecule has 0 amide bonds. The van der Waals surface area contributed by atoms with Gasteiger partial charge in [-0.1, -0.05) is 24.3 Å². The summed E-state index contributed by atoms with van der Waals surface area (Å²) in [6, 6.07) is 11.8. The van der Waals surface area contributed by atoms with E-state index in [2.05, 4.69) is 0 Å². The minimum Gasteiger partial charge on any atom is -0.443 e. The van der Waals surface area contributed by atoms with Gasteiger partial charge in [0.1, 0.15) is 24.8 Å². The summed E-state index contributed by atoms with van der Waals surface area (Å²) >= 11 is 0. The minimum atomic E-state index is -2.83. The standard InChI is InChI=1S/C23H30O7P3/c1-31(2,25)28-21-9-7-8-18(14-21)10-12-20(24)13-11-19-15-22(29-32(3,4)26)17-23(16-19)30-33(5,6)27/h7-17,25H,1-6H3/q+1/b12-10+,13-11+. The highest BCUT2D eigenvalue weighted by atomic mass is 31.2. The highest BCUT2D eigenvalue weighted by molar-refractivity contribution is 7.64. The SMILES string of the molecule is CP(C)(=O)Oc1cc(/C=C/C(=O)/C=C/c2cccc(O[P+](C)(C)O)c2)cc(OP(C)(C)=O)c1. The topological polar surface area (TPSA) is 99.1 Å². The Labute approximate surface area is 195 Å². The number of hydrogen-bond donors (Lipinski definition) is 1. The quantitative estimate of drug-likeness (QED) is 0.296. The molecule has 0 heterocycles. The molecule has 0 aliphatic carbocycles. The van der Waals surface area contributed by atoms with Crippen LogP contribution in [0.1, 0.15) is 11.1 Å². The van der Waals surface area contributed by atoms with Crippen molar-refractivity contribution >= 4 is 40.4 Å². The fraction of sp³-hybridized carbons (Fsp3) is 0.261. The Hall–Kier alpha value is -2.16. The van der Waals surface area contributed by atoms with Gasteiger partial charge in [-0.25, -0.2) is 4.89 Å². The Morgan fingerprint density at radius 3 is 1.79 bits per heavy atom. The molecule has 0 saturated heterocycles. The van der Waals surface area contributed by atoms with E-state index in [9.17, 15) is 18.8 Å². The lowest BCUT2D eigenvalue weighted by Crippen LogP contribution is -1.96. The van der Waals surface area contributed by atoms with Gasteiger partial charge in [-0.2, -0.15) is 0 Å². The first-order valence-electron chi connectivity index (χ1n) is 9.99. The van der Waals surface area contributed by atoms with E-state index in [0.29, 0.717) is 22.8 Å². The molecule has 33 heavy (non-hydrogen) atoms. The molecule has 0 radical (unpaired) electrons. The number of carbonyl (C=O) groups excluding carboxylic acids is 1. The maximum atomic E-state index is 12.3. The van der Waals surface area contributed by atoms with E-state index in [-0.39, 0.29) is 5.78 Å². The van der Waals surface area contributed by atoms with Crippen molar-refractivity contribution < 1.29 is 32.4 Å². The van der Waals surface area contributed by atoms with Gasteiger partial charge in [-0.15, -0.1) is 0 Å². The van der Waals surface area contributed by atoms with Crippen molar-refractivity contribution in [1.82, 2.24) is 0 Å². The Balaban J connectivity index is 2.20. The average Bonchev–Trinajstić information content (AvgIpc) is 2.60. The van der Waals surface area contributed by atoms with Crippen molar-refractivity contribution in [3.63, 3.8) is 0 Å². The number of rotatable bonds is 10. The van der Waals surface area contributed by atoms with Crippen LogP contribution in [0.3, 0.4) is 0 Å². The van der Waals surface area contributed by atoms with Crippen molar-refractivity contribution in [3.8, 4) is 17.2 Å². The lowest BCUT2D eigenvalue weighted by molar-refractivity contribution is -0.110. The summed E-state index contributed by atoms with van der Waals surface area (Å²) in [7, 11) is -8.09. The lowest BCUT2D eigenvalue weighted by Gasteiger charge is -2.15. The first-order valence-corrected chi connectivity index (χ1v) is 17.6. The van der Waals surface area contributed by atoms with Crippen molar-refractivity contribution in [2.45, 2.75) is 0 Å². The van der Waals surface area contributed by atoms with Crippen LogP contribution in [0, 0.1) is 0 Å². The summed E-state index contributed by atoms with van der Waals surface area (Å²) in [6.07, 6.45) is 5.99. The van der Waals surface area contributed by atoms with Gasteiger partial charge < -0.3 is 13.6 Å². The number of ketones is 1. The van der Waals surface area contributed by atoms with Gasteiger partial charge in [0.15, 0.2) is 11.5 Å². The Morgan fingerprint density at radius 1 is 0.818 bits per heavy atom. The molecule has 0 atom stereocenters. The summed E-state index contributed by atoms with van der Waals surface area (Å²) < 4.78 is 40.6. The zero-order valence-corrected chi connectivity index (χ0v) is 22.3. The molecule has 0 unspecified atom stereocenters. The summed E-state index contributed by atoms with van der Waals surface area (Å²) in [5.74, 6) is 0.851. The Bertz CT molecular complexity index is 1110. The predicted octanol–water partition coefficient (Wildman–Crippen LogP) is 6.29. The highest BCUT2D eigenvalue weighted by Crippen LogP contribution is 2.47. The van der Waals surface area contributed by atoms with Crippen molar-refractivity contribution in [1.29, 1.82) is 0 Å².